The molecule has 4 aromatic rings. The standard InChI is InChI=1S/C22H15N3O4/c26-20(16-8-6-15(7-9-16)14-4-2-1-3-5-14)23-22-25-24-21(29-22)17-10-11-18-19(12-17)28-13-27-18/h1-12H,13H2,(H,23,25,26). The van der Waals surface area contributed by atoms with Crippen molar-refractivity contribution in [3.05, 3.63) is 78.4 Å². The van der Waals surface area contributed by atoms with Crippen LogP contribution >= 0.6 is 0 Å². The third kappa shape index (κ3) is 3.41. The molecule has 3 aromatic carbocycles. The Kier molecular flexibility index (Phi) is 4.18. The largest absolute Gasteiger partial charge is 0.454 e. The lowest BCUT2D eigenvalue weighted by Crippen LogP contribution is -2.11. The van der Waals surface area contributed by atoms with Gasteiger partial charge in [-0.2, -0.15) is 0 Å². The molecule has 1 amide bonds. The Hall–Kier alpha value is -4.13. The van der Waals surface area contributed by atoms with Crippen LogP contribution in [0.15, 0.2) is 77.2 Å². The fourth-order valence-corrected chi connectivity index (χ4v) is 3.03. The molecule has 1 aliphatic rings. The fourth-order valence-electron chi connectivity index (χ4n) is 3.03. The summed E-state index contributed by atoms with van der Waals surface area (Å²) >= 11 is 0. The van der Waals surface area contributed by atoms with Gasteiger partial charge in [0.15, 0.2) is 11.5 Å². The van der Waals surface area contributed by atoms with Crippen molar-refractivity contribution >= 4 is 11.9 Å². The van der Waals surface area contributed by atoms with Crippen LogP contribution in [0, 0.1) is 0 Å². The summed E-state index contributed by atoms with van der Waals surface area (Å²) in [5.41, 5.74) is 3.29. The van der Waals surface area contributed by atoms with Gasteiger partial charge in [-0.25, -0.2) is 0 Å². The minimum Gasteiger partial charge on any atom is -0.454 e. The van der Waals surface area contributed by atoms with Gasteiger partial charge in [-0.3, -0.25) is 10.1 Å². The van der Waals surface area contributed by atoms with Gasteiger partial charge in [0.1, 0.15) is 0 Å². The highest BCUT2D eigenvalue weighted by atomic mass is 16.7. The minimum atomic E-state index is -0.328. The second-order valence-corrected chi connectivity index (χ2v) is 6.38. The van der Waals surface area contributed by atoms with Crippen LogP contribution in [0.3, 0.4) is 0 Å². The number of carbonyl (C=O) groups is 1. The zero-order chi connectivity index (χ0) is 19.6. The molecule has 0 saturated heterocycles. The Morgan fingerprint density at radius 3 is 2.34 bits per heavy atom. The van der Waals surface area contributed by atoms with E-state index in [0.717, 1.165) is 11.1 Å². The lowest BCUT2D eigenvalue weighted by molar-refractivity contribution is 0.102. The Labute approximate surface area is 165 Å². The number of aromatic nitrogens is 2. The second kappa shape index (κ2) is 7.12. The fraction of sp³-hybridized carbons (Fsp3) is 0.0455. The maximum absolute atomic E-state index is 12.5. The first kappa shape index (κ1) is 17.0. The smallest absolute Gasteiger partial charge is 0.322 e. The molecule has 0 saturated carbocycles. The van der Waals surface area contributed by atoms with Gasteiger partial charge in [0, 0.05) is 11.1 Å². The topological polar surface area (TPSA) is 86.5 Å². The maximum Gasteiger partial charge on any atom is 0.322 e. The lowest BCUT2D eigenvalue weighted by atomic mass is 10.0. The van der Waals surface area contributed by atoms with Gasteiger partial charge in [0.25, 0.3) is 5.91 Å². The van der Waals surface area contributed by atoms with E-state index in [4.69, 9.17) is 13.9 Å². The number of fused-ring (bicyclic) bond motifs is 1. The number of anilines is 1. The van der Waals surface area contributed by atoms with E-state index < -0.39 is 0 Å². The molecular weight excluding hydrogens is 370 g/mol. The van der Waals surface area contributed by atoms with Crippen molar-refractivity contribution in [2.24, 2.45) is 0 Å². The number of nitrogens with one attached hydrogen (secondary N) is 1. The third-order valence-electron chi connectivity index (χ3n) is 4.52. The van der Waals surface area contributed by atoms with E-state index in [1.54, 1.807) is 30.3 Å². The highest BCUT2D eigenvalue weighted by Crippen LogP contribution is 2.35. The first-order valence-electron chi connectivity index (χ1n) is 8.97. The van der Waals surface area contributed by atoms with E-state index in [9.17, 15) is 4.79 Å². The van der Waals surface area contributed by atoms with Gasteiger partial charge in [-0.1, -0.05) is 47.6 Å². The number of hydrogen-bond acceptors (Lipinski definition) is 6. The van der Waals surface area contributed by atoms with Crippen LogP contribution in [0.5, 0.6) is 11.5 Å². The summed E-state index contributed by atoms with van der Waals surface area (Å²) in [5.74, 6) is 1.23. The molecule has 1 aromatic heterocycles. The van der Waals surface area contributed by atoms with Crippen molar-refractivity contribution in [3.63, 3.8) is 0 Å². The van der Waals surface area contributed by atoms with E-state index >= 15 is 0 Å². The molecule has 0 bridgehead atoms. The number of rotatable bonds is 4. The molecule has 7 nitrogen and oxygen atoms in total. The molecule has 5 rings (SSSR count). The van der Waals surface area contributed by atoms with Crippen LogP contribution in [0.4, 0.5) is 6.01 Å². The van der Waals surface area contributed by atoms with Crippen LogP contribution in [0.2, 0.25) is 0 Å². The van der Waals surface area contributed by atoms with Gasteiger partial charge < -0.3 is 13.9 Å². The highest BCUT2D eigenvalue weighted by Gasteiger charge is 2.17. The van der Waals surface area contributed by atoms with E-state index in [0.29, 0.717) is 22.6 Å². The molecule has 0 atom stereocenters. The monoisotopic (exact) mass is 385 g/mol. The van der Waals surface area contributed by atoms with Crippen molar-refractivity contribution in [2.45, 2.75) is 0 Å². The first-order valence-corrected chi connectivity index (χ1v) is 8.97. The van der Waals surface area contributed by atoms with E-state index in [1.807, 2.05) is 42.5 Å². The number of hydrogen-bond donors (Lipinski definition) is 1. The van der Waals surface area contributed by atoms with E-state index in [2.05, 4.69) is 15.5 Å². The summed E-state index contributed by atoms with van der Waals surface area (Å²) in [5, 5.41) is 10.5. The number of nitrogens with zero attached hydrogens (tertiary/aromatic N) is 2. The average molecular weight is 385 g/mol. The summed E-state index contributed by atoms with van der Waals surface area (Å²) in [6.45, 7) is 0.187. The molecule has 142 valence electrons. The van der Waals surface area contributed by atoms with Crippen LogP contribution < -0.4 is 14.8 Å². The number of ether oxygens (including phenoxy) is 2. The van der Waals surface area contributed by atoms with Gasteiger partial charge in [0.05, 0.1) is 0 Å². The highest BCUT2D eigenvalue weighted by molar-refractivity contribution is 6.03. The third-order valence-corrected chi connectivity index (χ3v) is 4.52. The molecule has 0 radical (unpaired) electrons. The predicted molar refractivity (Wildman–Crippen MR) is 106 cm³/mol. The molecule has 1 aliphatic heterocycles. The van der Waals surface area contributed by atoms with Gasteiger partial charge in [0.2, 0.25) is 12.7 Å². The summed E-state index contributed by atoms with van der Waals surface area (Å²) in [6.07, 6.45) is 0. The van der Waals surface area contributed by atoms with Crippen molar-refractivity contribution in [1.82, 2.24) is 10.2 Å². The predicted octanol–water partition coefficient (Wildman–Crippen LogP) is 4.38. The van der Waals surface area contributed by atoms with E-state index in [1.165, 1.54) is 0 Å². The second-order valence-electron chi connectivity index (χ2n) is 6.38. The Balaban J connectivity index is 1.30. The summed E-state index contributed by atoms with van der Waals surface area (Å²) in [6, 6.07) is 22.6. The van der Waals surface area contributed by atoms with Gasteiger partial charge in [-0.05, 0) is 41.5 Å². The molecule has 1 N–H and O–H groups in total. The number of carbonyl (C=O) groups excluding carboxylic acids is 1. The number of benzene rings is 3. The molecule has 0 unspecified atom stereocenters. The van der Waals surface area contributed by atoms with Crippen molar-refractivity contribution in [2.75, 3.05) is 12.1 Å². The Bertz CT molecular complexity index is 1170. The van der Waals surface area contributed by atoms with Gasteiger partial charge >= 0.3 is 6.01 Å². The molecule has 0 aliphatic carbocycles. The van der Waals surface area contributed by atoms with Crippen LogP contribution in [-0.4, -0.2) is 22.9 Å². The minimum absolute atomic E-state index is 0.0230. The zero-order valence-corrected chi connectivity index (χ0v) is 15.2. The van der Waals surface area contributed by atoms with Crippen LogP contribution in [-0.2, 0) is 0 Å². The molecule has 0 fully saturated rings. The number of amides is 1. The molecule has 0 spiro atoms. The van der Waals surface area contributed by atoms with Crippen molar-refractivity contribution in [3.8, 4) is 34.1 Å². The zero-order valence-electron chi connectivity index (χ0n) is 15.2. The Morgan fingerprint density at radius 2 is 1.52 bits per heavy atom. The molecular formula is C22H15N3O4. The van der Waals surface area contributed by atoms with Crippen LogP contribution in [0.1, 0.15) is 10.4 Å². The maximum atomic E-state index is 12.5. The Morgan fingerprint density at radius 1 is 0.793 bits per heavy atom. The van der Waals surface area contributed by atoms with Gasteiger partial charge in [-0.15, -0.1) is 5.10 Å². The normalized spacial score (nSPS) is 12.0. The van der Waals surface area contributed by atoms with Crippen molar-refractivity contribution < 1.29 is 18.7 Å². The molecule has 7 heteroatoms. The van der Waals surface area contributed by atoms with Crippen LogP contribution in [0.25, 0.3) is 22.6 Å². The quantitative estimate of drug-likeness (QED) is 0.561. The lowest BCUT2D eigenvalue weighted by Gasteiger charge is -2.04. The summed E-state index contributed by atoms with van der Waals surface area (Å²) < 4.78 is 16.2. The summed E-state index contributed by atoms with van der Waals surface area (Å²) in [4.78, 5) is 12.5. The van der Waals surface area contributed by atoms with Crippen molar-refractivity contribution in [1.29, 1.82) is 0 Å². The first-order chi connectivity index (χ1) is 14.3. The van der Waals surface area contributed by atoms with E-state index in [-0.39, 0.29) is 24.6 Å². The molecule has 29 heavy (non-hydrogen) atoms. The average Bonchev–Trinajstić information content (AvgIpc) is 3.43. The molecule has 2 heterocycles. The summed E-state index contributed by atoms with van der Waals surface area (Å²) in [7, 11) is 0. The SMILES string of the molecule is O=C(Nc1nnc(-c2ccc3c(c2)OCO3)o1)c1ccc(-c2ccccc2)cc1.